The maximum Gasteiger partial charge on any atom is 0.0624 e. The summed E-state index contributed by atoms with van der Waals surface area (Å²) in [4.78, 5) is 1.23. The molecule has 0 amide bonds. The Kier molecular flexibility index (Phi) is 5.15. The number of hydrazine groups is 1. The molecule has 0 saturated heterocycles. The zero-order chi connectivity index (χ0) is 13.8. The van der Waals surface area contributed by atoms with Gasteiger partial charge in [-0.2, -0.15) is 5.10 Å². The standard InChI is InChI=1S/C13H19BrN4S/c1-3-9-7-10(18(4-2)17-9)8-12(16-15)13-11(14)5-6-19-13/h5-7,12,16H,3-4,8,15H2,1-2H3. The molecular formula is C13H19BrN4S. The van der Waals surface area contributed by atoms with Crippen molar-refractivity contribution in [2.45, 2.75) is 39.3 Å². The van der Waals surface area contributed by atoms with E-state index in [1.165, 1.54) is 10.6 Å². The van der Waals surface area contributed by atoms with Crippen molar-refractivity contribution in [2.24, 2.45) is 5.84 Å². The molecule has 0 bridgehead atoms. The highest BCUT2D eigenvalue weighted by atomic mass is 79.9. The molecule has 19 heavy (non-hydrogen) atoms. The fourth-order valence-corrected chi connectivity index (χ4v) is 3.83. The summed E-state index contributed by atoms with van der Waals surface area (Å²) in [5, 5.41) is 6.65. The average Bonchev–Trinajstić information content (AvgIpc) is 3.01. The van der Waals surface area contributed by atoms with Crippen LogP contribution in [0.3, 0.4) is 0 Å². The van der Waals surface area contributed by atoms with Gasteiger partial charge >= 0.3 is 0 Å². The number of aromatic nitrogens is 2. The van der Waals surface area contributed by atoms with Crippen molar-refractivity contribution in [2.75, 3.05) is 0 Å². The molecule has 0 spiro atoms. The lowest BCUT2D eigenvalue weighted by Crippen LogP contribution is -2.29. The molecule has 0 aliphatic rings. The second-order valence-corrected chi connectivity index (χ2v) is 6.15. The first-order valence-corrected chi connectivity index (χ1v) is 8.11. The smallest absolute Gasteiger partial charge is 0.0624 e. The lowest BCUT2D eigenvalue weighted by molar-refractivity contribution is 0.521. The summed E-state index contributed by atoms with van der Waals surface area (Å²) in [6, 6.07) is 4.34. The van der Waals surface area contributed by atoms with Gasteiger partial charge in [0.25, 0.3) is 0 Å². The van der Waals surface area contributed by atoms with E-state index < -0.39 is 0 Å². The van der Waals surface area contributed by atoms with Gasteiger partial charge in [-0.25, -0.2) is 0 Å². The van der Waals surface area contributed by atoms with Crippen LogP contribution < -0.4 is 11.3 Å². The molecule has 2 heterocycles. The van der Waals surface area contributed by atoms with Crippen LogP contribution >= 0.6 is 27.3 Å². The second-order valence-electron chi connectivity index (χ2n) is 4.35. The van der Waals surface area contributed by atoms with Gasteiger partial charge < -0.3 is 0 Å². The van der Waals surface area contributed by atoms with Gasteiger partial charge in [0.05, 0.1) is 11.7 Å². The third-order valence-corrected chi connectivity index (χ3v) is 5.14. The normalized spacial score (nSPS) is 12.8. The van der Waals surface area contributed by atoms with Crippen LogP contribution in [0, 0.1) is 0 Å². The number of nitrogens with one attached hydrogen (secondary N) is 1. The first-order valence-electron chi connectivity index (χ1n) is 6.44. The molecular weight excluding hydrogens is 324 g/mol. The summed E-state index contributed by atoms with van der Waals surface area (Å²) in [6.07, 6.45) is 1.81. The van der Waals surface area contributed by atoms with E-state index in [0.29, 0.717) is 0 Å². The Bertz CT molecular complexity index is 534. The van der Waals surface area contributed by atoms with Gasteiger partial charge in [0.2, 0.25) is 0 Å². The number of halogens is 1. The fraction of sp³-hybridized carbons (Fsp3) is 0.462. The first kappa shape index (κ1) is 14.7. The molecule has 0 radical (unpaired) electrons. The summed E-state index contributed by atoms with van der Waals surface area (Å²) in [7, 11) is 0. The highest BCUT2D eigenvalue weighted by Gasteiger charge is 2.18. The molecule has 0 saturated carbocycles. The zero-order valence-electron chi connectivity index (χ0n) is 11.2. The molecule has 2 aromatic heterocycles. The minimum atomic E-state index is 0.112. The van der Waals surface area contributed by atoms with Crippen LogP contribution in [0.25, 0.3) is 0 Å². The van der Waals surface area contributed by atoms with E-state index in [2.05, 4.69) is 62.5 Å². The predicted molar refractivity (Wildman–Crippen MR) is 83.1 cm³/mol. The number of aryl methyl sites for hydroxylation is 2. The Hall–Kier alpha value is -0.690. The van der Waals surface area contributed by atoms with Crippen molar-refractivity contribution in [3.63, 3.8) is 0 Å². The lowest BCUT2D eigenvalue weighted by Gasteiger charge is -2.15. The Balaban J connectivity index is 2.23. The van der Waals surface area contributed by atoms with Crippen molar-refractivity contribution < 1.29 is 0 Å². The summed E-state index contributed by atoms with van der Waals surface area (Å²) < 4.78 is 3.17. The van der Waals surface area contributed by atoms with E-state index in [-0.39, 0.29) is 6.04 Å². The molecule has 3 N–H and O–H groups in total. The Morgan fingerprint density at radius 1 is 1.53 bits per heavy atom. The average molecular weight is 343 g/mol. The number of nitrogens with zero attached hydrogens (tertiary/aromatic N) is 2. The predicted octanol–water partition coefficient (Wildman–Crippen LogP) is 3.04. The number of hydrogen-bond donors (Lipinski definition) is 2. The van der Waals surface area contributed by atoms with E-state index in [0.717, 1.165) is 29.6 Å². The van der Waals surface area contributed by atoms with Crippen LogP contribution in [0.1, 0.15) is 36.2 Å². The molecule has 2 aromatic rings. The quantitative estimate of drug-likeness (QED) is 0.626. The van der Waals surface area contributed by atoms with Gasteiger partial charge in [-0.15, -0.1) is 11.3 Å². The van der Waals surface area contributed by atoms with Crippen molar-refractivity contribution in [1.82, 2.24) is 15.2 Å². The molecule has 0 aliphatic heterocycles. The zero-order valence-corrected chi connectivity index (χ0v) is 13.6. The molecule has 1 unspecified atom stereocenters. The van der Waals surface area contributed by atoms with E-state index in [1.807, 2.05) is 0 Å². The highest BCUT2D eigenvalue weighted by molar-refractivity contribution is 9.10. The second kappa shape index (κ2) is 6.65. The lowest BCUT2D eigenvalue weighted by atomic mass is 10.1. The van der Waals surface area contributed by atoms with Crippen LogP contribution in [-0.2, 0) is 19.4 Å². The minimum Gasteiger partial charge on any atom is -0.271 e. The van der Waals surface area contributed by atoms with Gasteiger partial charge in [0.15, 0.2) is 0 Å². The molecule has 0 aromatic carbocycles. The van der Waals surface area contributed by atoms with Crippen molar-refractivity contribution in [3.05, 3.63) is 38.3 Å². The monoisotopic (exact) mass is 342 g/mol. The Morgan fingerprint density at radius 2 is 2.32 bits per heavy atom. The maximum absolute atomic E-state index is 5.72. The highest BCUT2D eigenvalue weighted by Crippen LogP contribution is 2.30. The SMILES string of the molecule is CCc1cc(CC(NN)c2sccc2Br)n(CC)n1. The van der Waals surface area contributed by atoms with E-state index in [4.69, 9.17) is 5.84 Å². The van der Waals surface area contributed by atoms with E-state index in [9.17, 15) is 0 Å². The summed E-state index contributed by atoms with van der Waals surface area (Å²) >= 11 is 5.28. The number of thiophene rings is 1. The largest absolute Gasteiger partial charge is 0.271 e. The Labute approximate surface area is 126 Å². The van der Waals surface area contributed by atoms with Crippen LogP contribution in [0.2, 0.25) is 0 Å². The van der Waals surface area contributed by atoms with Crippen LogP contribution in [-0.4, -0.2) is 9.78 Å². The summed E-state index contributed by atoms with van der Waals surface area (Å²) in [5.74, 6) is 5.72. The van der Waals surface area contributed by atoms with E-state index in [1.54, 1.807) is 11.3 Å². The van der Waals surface area contributed by atoms with Crippen molar-refractivity contribution in [3.8, 4) is 0 Å². The van der Waals surface area contributed by atoms with Gasteiger partial charge in [-0.1, -0.05) is 6.92 Å². The van der Waals surface area contributed by atoms with Crippen molar-refractivity contribution >= 4 is 27.3 Å². The van der Waals surface area contributed by atoms with Crippen LogP contribution in [0.4, 0.5) is 0 Å². The molecule has 104 valence electrons. The molecule has 4 nitrogen and oxygen atoms in total. The third kappa shape index (κ3) is 3.25. The van der Waals surface area contributed by atoms with Crippen LogP contribution in [0.15, 0.2) is 22.0 Å². The maximum atomic E-state index is 5.72. The van der Waals surface area contributed by atoms with Gasteiger partial charge in [-0.05, 0) is 46.8 Å². The fourth-order valence-electron chi connectivity index (χ4n) is 2.12. The molecule has 1 atom stereocenters. The Morgan fingerprint density at radius 3 is 2.84 bits per heavy atom. The van der Waals surface area contributed by atoms with Gasteiger partial charge in [0, 0.05) is 28.0 Å². The molecule has 6 heteroatoms. The third-order valence-electron chi connectivity index (χ3n) is 3.15. The molecule has 0 aliphatic carbocycles. The summed E-state index contributed by atoms with van der Waals surface area (Å²) in [5.41, 5.74) is 5.27. The summed E-state index contributed by atoms with van der Waals surface area (Å²) in [6.45, 7) is 5.13. The number of rotatable bonds is 6. The van der Waals surface area contributed by atoms with Gasteiger partial charge in [0.1, 0.15) is 0 Å². The number of hydrogen-bond acceptors (Lipinski definition) is 4. The topological polar surface area (TPSA) is 55.9 Å². The molecule has 0 fully saturated rings. The van der Waals surface area contributed by atoms with Gasteiger partial charge in [-0.3, -0.25) is 16.0 Å². The van der Waals surface area contributed by atoms with E-state index >= 15 is 0 Å². The minimum absolute atomic E-state index is 0.112. The number of nitrogens with two attached hydrogens (primary N) is 1. The molecule has 2 rings (SSSR count). The van der Waals surface area contributed by atoms with Crippen LogP contribution in [0.5, 0.6) is 0 Å². The van der Waals surface area contributed by atoms with Crippen molar-refractivity contribution in [1.29, 1.82) is 0 Å². The first-order chi connectivity index (χ1) is 9.19.